The fourth-order valence-corrected chi connectivity index (χ4v) is 2.91. The van der Waals surface area contributed by atoms with Crippen molar-refractivity contribution >= 4 is 15.9 Å². The number of hydrogen-bond acceptors (Lipinski definition) is 2. The number of rotatable bonds is 4. The van der Waals surface area contributed by atoms with Crippen LogP contribution in [0, 0.1) is 25.5 Å². The van der Waals surface area contributed by atoms with Crippen LogP contribution >= 0.6 is 15.9 Å². The van der Waals surface area contributed by atoms with E-state index in [4.69, 9.17) is 5.84 Å². The van der Waals surface area contributed by atoms with E-state index in [2.05, 4.69) is 21.4 Å². The minimum atomic E-state index is -0.627. The molecule has 1 atom stereocenters. The zero-order chi connectivity index (χ0) is 15.6. The van der Waals surface area contributed by atoms with Crippen LogP contribution in [0.1, 0.15) is 28.3 Å². The third-order valence-electron chi connectivity index (χ3n) is 3.65. The molecular formula is C16H17BrF2N2. The van der Waals surface area contributed by atoms with Crippen molar-refractivity contribution in [2.24, 2.45) is 5.84 Å². The quantitative estimate of drug-likeness (QED) is 0.640. The Morgan fingerprint density at radius 3 is 2.14 bits per heavy atom. The average molecular weight is 355 g/mol. The zero-order valence-electron chi connectivity index (χ0n) is 11.9. The highest BCUT2D eigenvalue weighted by atomic mass is 79.9. The number of halogens is 3. The zero-order valence-corrected chi connectivity index (χ0v) is 13.5. The third-order valence-corrected chi connectivity index (χ3v) is 4.10. The van der Waals surface area contributed by atoms with E-state index in [0.29, 0.717) is 10.9 Å². The van der Waals surface area contributed by atoms with Crippen LogP contribution in [-0.2, 0) is 6.42 Å². The Morgan fingerprint density at radius 2 is 1.67 bits per heavy atom. The maximum atomic E-state index is 14.1. The SMILES string of the molecule is Cc1cccc(C)c1CC(NN)c1c(F)cc(Br)cc1F. The van der Waals surface area contributed by atoms with Gasteiger partial charge in [-0.05, 0) is 49.1 Å². The summed E-state index contributed by atoms with van der Waals surface area (Å²) in [4.78, 5) is 0. The maximum absolute atomic E-state index is 14.1. The van der Waals surface area contributed by atoms with Gasteiger partial charge in [-0.1, -0.05) is 34.1 Å². The second-order valence-corrected chi connectivity index (χ2v) is 5.99. The summed E-state index contributed by atoms with van der Waals surface area (Å²) in [7, 11) is 0. The van der Waals surface area contributed by atoms with Gasteiger partial charge in [0.05, 0.1) is 6.04 Å². The Balaban J connectivity index is 2.42. The molecule has 2 nitrogen and oxygen atoms in total. The van der Waals surface area contributed by atoms with E-state index in [1.807, 2.05) is 32.0 Å². The summed E-state index contributed by atoms with van der Waals surface area (Å²) in [5.41, 5.74) is 5.69. The Labute approximate surface area is 131 Å². The van der Waals surface area contributed by atoms with Crippen molar-refractivity contribution in [3.05, 3.63) is 68.7 Å². The molecule has 0 spiro atoms. The number of nitrogens with two attached hydrogens (primary N) is 1. The smallest absolute Gasteiger partial charge is 0.132 e. The number of hydrazine groups is 1. The van der Waals surface area contributed by atoms with Gasteiger partial charge in [-0.15, -0.1) is 0 Å². The summed E-state index contributed by atoms with van der Waals surface area (Å²) in [6.07, 6.45) is 0.421. The average Bonchev–Trinajstić information content (AvgIpc) is 2.39. The summed E-state index contributed by atoms with van der Waals surface area (Å²) < 4.78 is 28.5. The summed E-state index contributed by atoms with van der Waals surface area (Å²) in [5.74, 6) is 4.30. The first kappa shape index (κ1) is 16.1. The van der Waals surface area contributed by atoms with Gasteiger partial charge in [0.1, 0.15) is 11.6 Å². The predicted octanol–water partition coefficient (Wildman–Crippen LogP) is 4.09. The first-order chi connectivity index (χ1) is 9.93. The molecule has 3 N–H and O–H groups in total. The van der Waals surface area contributed by atoms with Crippen molar-refractivity contribution in [2.75, 3.05) is 0 Å². The molecule has 0 radical (unpaired) electrons. The highest BCUT2D eigenvalue weighted by molar-refractivity contribution is 9.10. The number of nitrogens with one attached hydrogen (secondary N) is 1. The van der Waals surface area contributed by atoms with Crippen molar-refractivity contribution in [3.8, 4) is 0 Å². The molecule has 2 aromatic rings. The molecule has 21 heavy (non-hydrogen) atoms. The Morgan fingerprint density at radius 1 is 1.14 bits per heavy atom. The molecule has 112 valence electrons. The standard InChI is InChI=1S/C16H17BrF2N2/c1-9-4-3-5-10(2)12(9)8-15(21-20)16-13(18)6-11(17)7-14(16)19/h3-7,15,21H,8,20H2,1-2H3. The van der Waals surface area contributed by atoms with E-state index in [1.54, 1.807) is 0 Å². The lowest BCUT2D eigenvalue weighted by Gasteiger charge is -2.20. The molecule has 1 unspecified atom stereocenters. The molecule has 0 heterocycles. The van der Waals surface area contributed by atoms with E-state index < -0.39 is 17.7 Å². The normalized spacial score (nSPS) is 12.5. The molecule has 5 heteroatoms. The van der Waals surface area contributed by atoms with Crippen molar-refractivity contribution in [1.29, 1.82) is 0 Å². The van der Waals surface area contributed by atoms with Crippen LogP contribution in [-0.4, -0.2) is 0 Å². The van der Waals surface area contributed by atoms with Gasteiger partial charge < -0.3 is 0 Å². The van der Waals surface area contributed by atoms with Crippen LogP contribution in [0.4, 0.5) is 8.78 Å². The lowest BCUT2D eigenvalue weighted by Crippen LogP contribution is -2.31. The molecule has 0 aliphatic rings. The number of aryl methyl sites for hydroxylation is 2. The van der Waals surface area contributed by atoms with Gasteiger partial charge in [-0.3, -0.25) is 11.3 Å². The molecule has 0 aliphatic heterocycles. The lowest BCUT2D eigenvalue weighted by atomic mass is 9.93. The summed E-state index contributed by atoms with van der Waals surface area (Å²) >= 11 is 3.08. The highest BCUT2D eigenvalue weighted by Crippen LogP contribution is 2.28. The van der Waals surface area contributed by atoms with E-state index in [9.17, 15) is 8.78 Å². The van der Waals surface area contributed by atoms with Gasteiger partial charge in [0.15, 0.2) is 0 Å². The second-order valence-electron chi connectivity index (χ2n) is 5.08. The molecule has 0 amide bonds. The van der Waals surface area contributed by atoms with Crippen LogP contribution in [0.5, 0.6) is 0 Å². The van der Waals surface area contributed by atoms with Crippen LogP contribution in [0.25, 0.3) is 0 Å². The van der Waals surface area contributed by atoms with Crippen molar-refractivity contribution in [1.82, 2.24) is 5.43 Å². The minimum absolute atomic E-state index is 0.0386. The molecule has 0 fully saturated rings. The van der Waals surface area contributed by atoms with Gasteiger partial charge in [0.2, 0.25) is 0 Å². The van der Waals surface area contributed by atoms with Crippen molar-refractivity contribution < 1.29 is 8.78 Å². The molecule has 2 rings (SSSR count). The van der Waals surface area contributed by atoms with Crippen LogP contribution in [0.3, 0.4) is 0 Å². The van der Waals surface area contributed by atoms with E-state index >= 15 is 0 Å². The molecule has 0 saturated heterocycles. The van der Waals surface area contributed by atoms with Gasteiger partial charge in [-0.25, -0.2) is 8.78 Å². The molecule has 0 aromatic heterocycles. The van der Waals surface area contributed by atoms with E-state index in [-0.39, 0.29) is 5.56 Å². The fourth-order valence-electron chi connectivity index (χ4n) is 2.51. The fraction of sp³-hybridized carbons (Fsp3) is 0.250. The third kappa shape index (κ3) is 3.48. The Hall–Kier alpha value is -1.30. The first-order valence-electron chi connectivity index (χ1n) is 6.59. The van der Waals surface area contributed by atoms with Gasteiger partial charge in [0, 0.05) is 10.0 Å². The first-order valence-corrected chi connectivity index (χ1v) is 7.39. The molecule has 0 saturated carbocycles. The van der Waals surface area contributed by atoms with E-state index in [1.165, 1.54) is 12.1 Å². The molecular weight excluding hydrogens is 338 g/mol. The Bertz CT molecular complexity index is 615. The highest BCUT2D eigenvalue weighted by Gasteiger charge is 2.21. The topological polar surface area (TPSA) is 38.0 Å². The largest absolute Gasteiger partial charge is 0.271 e. The number of hydrogen-bond donors (Lipinski definition) is 2. The summed E-state index contributed by atoms with van der Waals surface area (Å²) in [5, 5.41) is 0. The second kappa shape index (κ2) is 6.64. The van der Waals surface area contributed by atoms with Crippen LogP contribution in [0.2, 0.25) is 0 Å². The summed E-state index contributed by atoms with van der Waals surface area (Å²) in [6, 6.07) is 7.77. The molecule has 0 bridgehead atoms. The van der Waals surface area contributed by atoms with Crippen LogP contribution < -0.4 is 11.3 Å². The van der Waals surface area contributed by atoms with Gasteiger partial charge in [-0.2, -0.15) is 0 Å². The maximum Gasteiger partial charge on any atom is 0.132 e. The monoisotopic (exact) mass is 354 g/mol. The molecule has 0 aliphatic carbocycles. The van der Waals surface area contributed by atoms with Gasteiger partial charge in [0.25, 0.3) is 0 Å². The van der Waals surface area contributed by atoms with Crippen LogP contribution in [0.15, 0.2) is 34.8 Å². The lowest BCUT2D eigenvalue weighted by molar-refractivity contribution is 0.471. The number of benzene rings is 2. The van der Waals surface area contributed by atoms with E-state index in [0.717, 1.165) is 16.7 Å². The van der Waals surface area contributed by atoms with Gasteiger partial charge >= 0.3 is 0 Å². The summed E-state index contributed by atoms with van der Waals surface area (Å²) in [6.45, 7) is 3.95. The molecule has 2 aromatic carbocycles. The predicted molar refractivity (Wildman–Crippen MR) is 83.7 cm³/mol. The van der Waals surface area contributed by atoms with Crippen molar-refractivity contribution in [3.63, 3.8) is 0 Å². The van der Waals surface area contributed by atoms with Crippen molar-refractivity contribution in [2.45, 2.75) is 26.3 Å². The Kier molecular flexibility index (Phi) is 5.08. The minimum Gasteiger partial charge on any atom is -0.271 e.